The highest BCUT2D eigenvalue weighted by Gasteiger charge is 2.54. The van der Waals surface area contributed by atoms with E-state index in [0.717, 1.165) is 6.07 Å². The number of hydrogen-bond donors (Lipinski definition) is 11. The SMILES string of the molecule is O=C(O)CC(=O)OC[C@H]1O[C@@H](Oc2cc3c(cc2O)[N+](=CC=C2C=C(C(=O)O)N[C@H](C(=O)O)C2)[C@H](C(=O)O)C3)[C@H](O[C@@H]2OC[C@](O)(CO)[C@H]2O)[C@@H](O)[C@@H]1O. The van der Waals surface area contributed by atoms with Gasteiger partial charge in [-0.1, -0.05) is 0 Å². The summed E-state index contributed by atoms with van der Waals surface area (Å²) in [6.45, 7) is -2.35. The molecule has 0 aliphatic carbocycles. The Labute approximate surface area is 302 Å². The summed E-state index contributed by atoms with van der Waals surface area (Å²) in [7, 11) is 0. The number of nitrogens with zero attached hydrogens (tertiary/aromatic N) is 1. The van der Waals surface area contributed by atoms with Crippen molar-refractivity contribution in [1.82, 2.24) is 5.32 Å². The third-order valence-electron chi connectivity index (χ3n) is 9.01. The molecule has 1 aromatic rings. The third kappa shape index (κ3) is 8.45. The number of carbonyl (C=O) groups excluding carboxylic acids is 1. The van der Waals surface area contributed by atoms with E-state index in [1.807, 2.05) is 0 Å². The summed E-state index contributed by atoms with van der Waals surface area (Å²) in [5.41, 5.74) is -1.90. The summed E-state index contributed by atoms with van der Waals surface area (Å²) >= 11 is 0. The second-order valence-corrected chi connectivity index (χ2v) is 12.8. The molecule has 0 radical (unpaired) electrons. The van der Waals surface area contributed by atoms with Crippen LogP contribution in [0.1, 0.15) is 18.4 Å². The lowest BCUT2D eigenvalue weighted by molar-refractivity contribution is -0.456. The standard InChI is InChI=1S/C32H36N2O20/c35-10-32(49)11-51-31(26(32)42)54-25-24(41)23(40)20(9-50-22(39)8-21(37)38)53-30(25)52-19-6-13-5-17(29(47)48)34(16(13)7-18(19)36)2-1-12-3-14(27(43)44)33-15(4-12)28(45)46/h1-3,6-7,15,17,20,23-26,30-31,35,40-42,49H,4-5,8-11H2,(H5,36,37,38,43,44,45,46,47,48)/p+1/t15-,17-,20+,23+,24-,25+,26-,30+,31-,32+/m0/s1. The Bertz CT molecular complexity index is 1780. The Hall–Kier alpha value is -5.20. The highest BCUT2D eigenvalue weighted by Crippen LogP contribution is 2.41. The summed E-state index contributed by atoms with van der Waals surface area (Å²) in [6.07, 6.45) is -10.3. The molecule has 4 heterocycles. The third-order valence-corrected chi connectivity index (χ3v) is 9.01. The molecule has 22 heteroatoms. The summed E-state index contributed by atoms with van der Waals surface area (Å²) in [4.78, 5) is 58.2. The number of aliphatic hydroxyl groups excluding tert-OH is 4. The second-order valence-electron chi connectivity index (χ2n) is 12.8. The van der Waals surface area contributed by atoms with Crippen molar-refractivity contribution < 1.29 is 103 Å². The first kappa shape index (κ1) is 40.0. The van der Waals surface area contributed by atoms with Crippen LogP contribution in [0, 0.1) is 0 Å². The zero-order valence-electron chi connectivity index (χ0n) is 27.8. The molecule has 0 amide bonds. The van der Waals surface area contributed by atoms with Crippen LogP contribution in [-0.4, -0.2) is 172 Å². The van der Waals surface area contributed by atoms with E-state index in [2.05, 4.69) is 5.32 Å². The molecule has 5 rings (SSSR count). The summed E-state index contributed by atoms with van der Waals surface area (Å²) in [5.74, 6) is -7.79. The zero-order chi connectivity index (χ0) is 39.6. The van der Waals surface area contributed by atoms with Crippen molar-refractivity contribution in [3.8, 4) is 11.5 Å². The van der Waals surface area contributed by atoms with Gasteiger partial charge in [-0.3, -0.25) is 9.59 Å². The van der Waals surface area contributed by atoms with Gasteiger partial charge < -0.3 is 80.1 Å². The van der Waals surface area contributed by atoms with Crippen LogP contribution in [0.4, 0.5) is 5.69 Å². The number of rotatable bonds is 13. The second kappa shape index (κ2) is 16.0. The van der Waals surface area contributed by atoms with Gasteiger partial charge in [0.1, 0.15) is 54.8 Å². The van der Waals surface area contributed by atoms with Gasteiger partial charge >= 0.3 is 29.8 Å². The van der Waals surface area contributed by atoms with Gasteiger partial charge in [0.25, 0.3) is 6.04 Å². The van der Waals surface area contributed by atoms with Gasteiger partial charge in [0.2, 0.25) is 12.0 Å². The number of fused-ring (bicyclic) bond motifs is 1. The van der Waals surface area contributed by atoms with Gasteiger partial charge in [-0.2, -0.15) is 4.58 Å². The Morgan fingerprint density at radius 3 is 2.33 bits per heavy atom. The Morgan fingerprint density at radius 2 is 1.72 bits per heavy atom. The quantitative estimate of drug-likeness (QED) is 0.0519. The molecular weight excluding hydrogens is 732 g/mol. The van der Waals surface area contributed by atoms with E-state index in [0.29, 0.717) is 0 Å². The van der Waals surface area contributed by atoms with E-state index >= 15 is 0 Å². The van der Waals surface area contributed by atoms with E-state index in [9.17, 15) is 69.9 Å². The molecule has 0 saturated carbocycles. The molecule has 0 bridgehead atoms. The van der Waals surface area contributed by atoms with Gasteiger partial charge in [-0.15, -0.1) is 0 Å². The first-order chi connectivity index (χ1) is 25.4. The molecule has 0 aromatic heterocycles. The smallest absolute Gasteiger partial charge is 0.373 e. The first-order valence-electron chi connectivity index (χ1n) is 16.1. The molecule has 11 N–H and O–H groups in total. The van der Waals surface area contributed by atoms with Gasteiger partial charge in [-0.05, 0) is 17.7 Å². The number of phenolic OH excluding ortho intramolecular Hbond substituents is 1. The van der Waals surface area contributed by atoms with E-state index in [1.54, 1.807) is 0 Å². The van der Waals surface area contributed by atoms with Crippen LogP contribution < -0.4 is 10.1 Å². The lowest BCUT2D eigenvalue weighted by atomic mass is 9.98. The Kier molecular flexibility index (Phi) is 11.9. The van der Waals surface area contributed by atoms with Crippen molar-refractivity contribution in [1.29, 1.82) is 0 Å². The fraction of sp³-hybridized carbons (Fsp3) is 0.500. The molecule has 294 valence electrons. The minimum absolute atomic E-state index is 0.147. The number of phenols is 1. The molecule has 2 fully saturated rings. The number of carboxylic acids is 4. The van der Waals surface area contributed by atoms with Crippen molar-refractivity contribution in [3.63, 3.8) is 0 Å². The van der Waals surface area contributed by atoms with Crippen LogP contribution in [0.15, 0.2) is 35.6 Å². The average Bonchev–Trinajstić information content (AvgIpc) is 3.61. The van der Waals surface area contributed by atoms with Crippen LogP contribution in [0.3, 0.4) is 0 Å². The van der Waals surface area contributed by atoms with Crippen molar-refractivity contribution in [2.45, 2.75) is 80.0 Å². The highest BCUT2D eigenvalue weighted by atomic mass is 16.8. The average molecular weight is 770 g/mol. The zero-order valence-corrected chi connectivity index (χ0v) is 27.8. The maximum atomic E-state index is 12.3. The molecule has 1 aromatic carbocycles. The van der Waals surface area contributed by atoms with Crippen LogP contribution in [-0.2, 0) is 49.3 Å². The lowest BCUT2D eigenvalue weighted by Crippen LogP contribution is -2.62. The van der Waals surface area contributed by atoms with E-state index in [-0.39, 0.29) is 29.7 Å². The van der Waals surface area contributed by atoms with E-state index in [4.69, 9.17) is 28.8 Å². The highest BCUT2D eigenvalue weighted by molar-refractivity contribution is 5.90. The predicted molar refractivity (Wildman–Crippen MR) is 169 cm³/mol. The summed E-state index contributed by atoms with van der Waals surface area (Å²) < 4.78 is 28.5. The topological polar surface area (TPSA) is 349 Å². The fourth-order valence-corrected chi connectivity index (χ4v) is 6.11. The molecule has 2 saturated heterocycles. The lowest BCUT2D eigenvalue weighted by Gasteiger charge is -2.42. The summed E-state index contributed by atoms with van der Waals surface area (Å²) in [5, 5.41) is 103. The molecular formula is C32H37N2O20+. The van der Waals surface area contributed by atoms with Gasteiger partial charge in [0.05, 0.1) is 25.7 Å². The maximum Gasteiger partial charge on any atom is 0.373 e. The number of benzene rings is 1. The monoisotopic (exact) mass is 769 g/mol. The van der Waals surface area contributed by atoms with Crippen molar-refractivity contribution in [2.24, 2.45) is 0 Å². The molecule has 10 atom stereocenters. The molecule has 0 unspecified atom stereocenters. The number of nitrogens with one attached hydrogen (secondary N) is 1. The number of hydrogen-bond acceptors (Lipinski definition) is 17. The minimum Gasteiger partial charge on any atom is -0.504 e. The molecule has 54 heavy (non-hydrogen) atoms. The Morgan fingerprint density at radius 1 is 1.00 bits per heavy atom. The van der Waals surface area contributed by atoms with Crippen molar-refractivity contribution in [2.75, 3.05) is 19.8 Å². The van der Waals surface area contributed by atoms with Crippen LogP contribution >= 0.6 is 0 Å². The number of carbonyl (C=O) groups is 5. The van der Waals surface area contributed by atoms with Crippen molar-refractivity contribution in [3.05, 3.63) is 41.1 Å². The molecule has 22 nitrogen and oxygen atoms in total. The van der Waals surface area contributed by atoms with Crippen molar-refractivity contribution >= 4 is 41.7 Å². The maximum absolute atomic E-state index is 12.3. The number of carboxylic acid groups (broad SMARTS) is 4. The fourth-order valence-electron chi connectivity index (χ4n) is 6.11. The predicted octanol–water partition coefficient (Wildman–Crippen LogP) is -3.87. The molecule has 4 aliphatic heterocycles. The number of ether oxygens (including phenoxy) is 5. The first-order valence-corrected chi connectivity index (χ1v) is 16.1. The Balaban J connectivity index is 1.45. The van der Waals surface area contributed by atoms with Crippen LogP contribution in [0.25, 0.3) is 0 Å². The number of esters is 1. The largest absolute Gasteiger partial charge is 0.504 e. The van der Waals surface area contributed by atoms with E-state index < -0.39 is 134 Å². The van der Waals surface area contributed by atoms with E-state index in [1.165, 1.54) is 29.0 Å². The van der Waals surface area contributed by atoms with Gasteiger partial charge in [-0.25, -0.2) is 14.4 Å². The molecule has 4 aliphatic rings. The number of allylic oxidation sites excluding steroid dienone is 2. The summed E-state index contributed by atoms with van der Waals surface area (Å²) in [6, 6.07) is -0.216. The van der Waals surface area contributed by atoms with Gasteiger partial charge in [0, 0.05) is 18.1 Å². The molecule has 0 spiro atoms. The van der Waals surface area contributed by atoms with Crippen LogP contribution in [0.5, 0.6) is 11.5 Å². The normalized spacial score (nSPS) is 33.4. The van der Waals surface area contributed by atoms with Crippen LogP contribution in [0.2, 0.25) is 0 Å². The van der Waals surface area contributed by atoms with Gasteiger partial charge in [0.15, 0.2) is 30.1 Å². The number of aromatic hydroxyl groups is 1. The minimum atomic E-state index is -2.17. The number of aliphatic hydroxyl groups is 5. The number of aliphatic carboxylic acids is 4.